The molecule has 1 fully saturated rings. The molecule has 0 aromatic carbocycles. The molecule has 0 aromatic heterocycles. The lowest BCUT2D eigenvalue weighted by atomic mass is 10.1. The van der Waals surface area contributed by atoms with Gasteiger partial charge in [-0.2, -0.15) is 0 Å². The summed E-state index contributed by atoms with van der Waals surface area (Å²) in [6.45, 7) is 0.292. The predicted molar refractivity (Wildman–Crippen MR) is 42.3 cm³/mol. The molecule has 11 heavy (non-hydrogen) atoms. The lowest BCUT2D eigenvalue weighted by Gasteiger charge is -2.28. The van der Waals surface area contributed by atoms with E-state index in [9.17, 15) is 4.79 Å². The molecule has 1 rings (SSSR count). The molecule has 0 aromatic rings. The van der Waals surface area contributed by atoms with Crippen LogP contribution in [0.25, 0.3) is 0 Å². The van der Waals surface area contributed by atoms with Gasteiger partial charge >= 0.3 is 5.97 Å². The average molecular weight is 160 g/mol. The fraction of sp³-hybridized carbons (Fsp3) is 0.875. The van der Waals surface area contributed by atoms with E-state index in [2.05, 4.69) is 0 Å². The molecular formula is C8H15NO2. The number of carbonyl (C=O) groups excluding carboxylic acids is 1. The summed E-state index contributed by atoms with van der Waals surface area (Å²) in [4.78, 5) is 12.1. The van der Waals surface area contributed by atoms with Crippen molar-refractivity contribution in [3.05, 3.63) is 0 Å². The quantitative estimate of drug-likeness (QED) is 0.527. The van der Waals surface area contributed by atoms with Crippen LogP contribution in [-0.2, 0) is 9.53 Å². The maximum Gasteiger partial charge on any atom is 0.302 e. The smallest absolute Gasteiger partial charge is 0.302 e. The number of carbonyl (C=O) groups is 1. The minimum absolute atomic E-state index is 0.105. The van der Waals surface area contributed by atoms with E-state index in [4.69, 9.17) is 8.85 Å². The molecule has 0 bridgehead atoms. The highest BCUT2D eigenvalue weighted by Crippen LogP contribution is 2.11. The molecular weight excluding hydrogens is 142 g/mol. The van der Waals surface area contributed by atoms with Crippen molar-refractivity contribution in [3.63, 3.8) is 0 Å². The van der Waals surface area contributed by atoms with E-state index in [0.717, 1.165) is 0 Å². The van der Waals surface area contributed by atoms with Gasteiger partial charge in [0.25, 0.3) is 0 Å². The topological polar surface area (TPSA) is 29.5 Å². The van der Waals surface area contributed by atoms with Crippen molar-refractivity contribution in [2.75, 3.05) is 20.1 Å². The van der Waals surface area contributed by atoms with Crippen molar-refractivity contribution in [2.45, 2.75) is 25.9 Å². The van der Waals surface area contributed by atoms with Crippen molar-refractivity contribution in [2.24, 2.45) is 0 Å². The van der Waals surface area contributed by atoms with E-state index in [0.29, 0.717) is 25.9 Å². The van der Waals surface area contributed by atoms with Gasteiger partial charge < -0.3 is 9.64 Å². The van der Waals surface area contributed by atoms with Crippen LogP contribution in [-0.4, -0.2) is 37.0 Å². The van der Waals surface area contributed by atoms with Gasteiger partial charge in [-0.05, 0) is 19.8 Å². The number of ether oxygens (including phenoxy) is 1. The first-order valence-corrected chi connectivity index (χ1v) is 3.82. The summed E-state index contributed by atoms with van der Waals surface area (Å²) in [7, 11) is 0. The molecule has 0 spiro atoms. The monoisotopic (exact) mass is 160 g/mol. The molecule has 1 aliphatic rings. The highest BCUT2D eigenvalue weighted by atomic mass is 16.5. The molecule has 0 radical (unpaired) electrons. The Kier molecular flexibility index (Phi) is 1.74. The van der Waals surface area contributed by atoms with Gasteiger partial charge in [-0.3, -0.25) is 4.79 Å². The minimum Gasteiger partial charge on any atom is -0.462 e. The first-order valence-electron chi connectivity index (χ1n) is 5.32. The Morgan fingerprint density at radius 1 is 1.64 bits per heavy atom. The van der Waals surface area contributed by atoms with Crippen LogP contribution < -0.4 is 0 Å². The zero-order valence-corrected chi connectivity index (χ0v) is 6.67. The van der Waals surface area contributed by atoms with E-state index in [1.807, 2.05) is 0 Å². The Morgan fingerprint density at radius 2 is 2.27 bits per heavy atom. The second kappa shape index (κ2) is 3.72. The van der Waals surface area contributed by atoms with Gasteiger partial charge in [0.1, 0.15) is 6.10 Å². The van der Waals surface area contributed by atoms with E-state index in [-0.39, 0.29) is 12.1 Å². The van der Waals surface area contributed by atoms with Gasteiger partial charge in [-0.25, -0.2) is 0 Å². The summed E-state index contributed by atoms with van der Waals surface area (Å²) in [6.07, 6.45) is 1.11. The third kappa shape index (κ3) is 2.89. The third-order valence-corrected chi connectivity index (χ3v) is 1.77. The molecule has 64 valence electrons. The Bertz CT molecular complexity index is 209. The zero-order chi connectivity index (χ0) is 10.8. The van der Waals surface area contributed by atoms with Crippen LogP contribution in [0.2, 0.25) is 0 Å². The molecule has 0 atom stereocenters. The fourth-order valence-electron chi connectivity index (χ4n) is 1.21. The lowest BCUT2D eigenvalue weighted by molar-refractivity contribution is -0.148. The van der Waals surface area contributed by atoms with Crippen LogP contribution in [0, 0.1) is 0 Å². The number of esters is 1. The highest BCUT2D eigenvalue weighted by molar-refractivity contribution is 5.66. The summed E-state index contributed by atoms with van der Waals surface area (Å²) >= 11 is 0. The first-order chi connectivity index (χ1) is 6.39. The second-order valence-corrected chi connectivity index (χ2v) is 2.80. The Hall–Kier alpha value is -0.570. The number of rotatable bonds is 1. The van der Waals surface area contributed by atoms with Gasteiger partial charge in [0.15, 0.2) is 0 Å². The number of piperidine rings is 1. The molecule has 0 aliphatic carbocycles. The normalized spacial score (nSPS) is 26.8. The molecule has 0 saturated carbocycles. The first kappa shape index (κ1) is 5.14. The molecule has 0 unspecified atom stereocenters. The maximum atomic E-state index is 10.6. The van der Waals surface area contributed by atoms with Crippen LogP contribution in [0.4, 0.5) is 0 Å². The third-order valence-electron chi connectivity index (χ3n) is 1.77. The molecule has 0 N–H and O–H groups in total. The zero-order valence-electron chi connectivity index (χ0n) is 9.67. The molecule has 1 aliphatic heterocycles. The Morgan fingerprint density at radius 3 is 2.73 bits per heavy atom. The van der Waals surface area contributed by atoms with Crippen molar-refractivity contribution in [3.8, 4) is 0 Å². The fourth-order valence-corrected chi connectivity index (χ4v) is 1.21. The van der Waals surface area contributed by atoms with Crippen LogP contribution in [0.5, 0.6) is 0 Å². The number of likely N-dealkylation sites (tertiary alicyclic amines) is 1. The number of hydrogen-bond donors (Lipinski definition) is 0. The van der Waals surface area contributed by atoms with Gasteiger partial charge in [0, 0.05) is 24.1 Å². The molecule has 3 heteroatoms. The van der Waals surface area contributed by atoms with Gasteiger partial charge in [-0.1, -0.05) is 0 Å². The van der Waals surface area contributed by atoms with Crippen LogP contribution in [0.3, 0.4) is 0 Å². The lowest BCUT2D eigenvalue weighted by Crippen LogP contribution is -2.34. The molecule has 0 amide bonds. The summed E-state index contributed by atoms with van der Waals surface area (Å²) in [5, 5.41) is 0. The van der Waals surface area contributed by atoms with Gasteiger partial charge in [-0.15, -0.1) is 0 Å². The van der Waals surface area contributed by atoms with Crippen LogP contribution in [0.15, 0.2) is 0 Å². The highest BCUT2D eigenvalue weighted by Gasteiger charge is 2.18. The van der Waals surface area contributed by atoms with Gasteiger partial charge in [0.05, 0.1) is 0 Å². The number of hydrogen-bond acceptors (Lipinski definition) is 3. The van der Waals surface area contributed by atoms with Gasteiger partial charge in [0.2, 0.25) is 0 Å². The minimum atomic E-state index is -2.01. The van der Waals surface area contributed by atoms with E-state index in [1.165, 1.54) is 11.8 Å². The summed E-state index contributed by atoms with van der Waals surface area (Å²) in [5.41, 5.74) is 0. The predicted octanol–water partition coefficient (Wildman–Crippen LogP) is 0.644. The standard InChI is InChI=1S/C8H15NO2/c1-7(10)11-8-3-5-9(2)6-4-8/h8H,3-6H2,1-2H3/i2D3. The van der Waals surface area contributed by atoms with Crippen molar-refractivity contribution >= 4 is 5.97 Å². The molecule has 3 nitrogen and oxygen atoms in total. The second-order valence-electron chi connectivity index (χ2n) is 2.80. The molecule has 1 heterocycles. The molecule has 1 saturated heterocycles. The van der Waals surface area contributed by atoms with Crippen molar-refractivity contribution < 1.29 is 13.6 Å². The SMILES string of the molecule is [2H]C([2H])([2H])N1CCC(OC(C)=O)CC1. The van der Waals surface area contributed by atoms with Crippen molar-refractivity contribution in [1.29, 1.82) is 0 Å². The largest absolute Gasteiger partial charge is 0.462 e. The van der Waals surface area contributed by atoms with Crippen molar-refractivity contribution in [1.82, 2.24) is 4.90 Å². The van der Waals surface area contributed by atoms with E-state index in [1.54, 1.807) is 0 Å². The van der Waals surface area contributed by atoms with Crippen LogP contribution >= 0.6 is 0 Å². The Balaban J connectivity index is 2.35. The maximum absolute atomic E-state index is 10.6. The van der Waals surface area contributed by atoms with Crippen LogP contribution in [0.1, 0.15) is 23.9 Å². The van der Waals surface area contributed by atoms with E-state index < -0.39 is 6.98 Å². The summed E-state index contributed by atoms with van der Waals surface area (Å²) in [6, 6.07) is 0. The number of nitrogens with zero attached hydrogens (tertiary/aromatic N) is 1. The summed E-state index contributed by atoms with van der Waals surface area (Å²) < 4.78 is 26.6. The Labute approximate surface area is 71.5 Å². The average Bonchev–Trinajstić information content (AvgIpc) is 2.02. The summed E-state index contributed by atoms with van der Waals surface area (Å²) in [5.74, 6) is -0.294. The van der Waals surface area contributed by atoms with E-state index >= 15 is 0 Å².